The number of hydrogen-bond acceptors (Lipinski definition) is 4. The summed E-state index contributed by atoms with van der Waals surface area (Å²) in [5.74, 6) is 0.0119. The molecule has 7 heteroatoms. The summed E-state index contributed by atoms with van der Waals surface area (Å²) in [6.45, 7) is 5.20. The van der Waals surface area contributed by atoms with Gasteiger partial charge in [-0.25, -0.2) is 0 Å². The maximum absolute atomic E-state index is 12.3. The second kappa shape index (κ2) is 8.64. The lowest BCUT2D eigenvalue weighted by Gasteiger charge is -2.21. The van der Waals surface area contributed by atoms with Crippen LogP contribution >= 0.6 is 0 Å². The van der Waals surface area contributed by atoms with Crippen LogP contribution in [-0.2, 0) is 27.4 Å². The average Bonchev–Trinajstić information content (AvgIpc) is 3.45. The zero-order valence-corrected chi connectivity index (χ0v) is 15.4. The van der Waals surface area contributed by atoms with Gasteiger partial charge in [-0.15, -0.1) is 0 Å². The van der Waals surface area contributed by atoms with Crippen molar-refractivity contribution < 1.29 is 14.3 Å². The summed E-state index contributed by atoms with van der Waals surface area (Å²) in [4.78, 5) is 25.8. The van der Waals surface area contributed by atoms with Crippen molar-refractivity contribution in [2.75, 3.05) is 23.9 Å². The predicted octanol–water partition coefficient (Wildman–Crippen LogP) is 2.60. The molecule has 3 rings (SSSR count). The molecule has 0 radical (unpaired) electrons. The van der Waals surface area contributed by atoms with Gasteiger partial charge in [0, 0.05) is 36.2 Å². The molecule has 2 aromatic rings. The third-order valence-electron chi connectivity index (χ3n) is 4.39. The maximum Gasteiger partial charge on any atom is 0.250 e. The molecular weight excluding hydrogens is 344 g/mol. The second-order valence-electron chi connectivity index (χ2n) is 6.54. The van der Waals surface area contributed by atoms with Crippen LogP contribution in [0.2, 0.25) is 0 Å². The Labute approximate surface area is 158 Å². The number of nitrogens with one attached hydrogen (secondary N) is 1. The first-order valence-corrected chi connectivity index (χ1v) is 8.96. The molecule has 0 atom stereocenters. The fourth-order valence-electron chi connectivity index (χ4n) is 2.70. The summed E-state index contributed by atoms with van der Waals surface area (Å²) in [5, 5.41) is 7.18. The molecule has 1 heterocycles. The van der Waals surface area contributed by atoms with E-state index in [2.05, 4.69) is 17.0 Å². The van der Waals surface area contributed by atoms with Crippen LogP contribution in [0.15, 0.2) is 49.3 Å². The van der Waals surface area contributed by atoms with Crippen molar-refractivity contribution in [2.45, 2.75) is 25.9 Å². The molecule has 1 N–H and O–H groups in total. The molecule has 142 valence electrons. The van der Waals surface area contributed by atoms with Crippen LogP contribution in [0.25, 0.3) is 0 Å². The molecule has 1 aromatic heterocycles. The Morgan fingerprint density at radius 3 is 2.74 bits per heavy atom. The smallest absolute Gasteiger partial charge is 0.250 e. The van der Waals surface area contributed by atoms with Gasteiger partial charge in [-0.1, -0.05) is 6.58 Å². The highest BCUT2D eigenvalue weighted by molar-refractivity contribution is 6.01. The van der Waals surface area contributed by atoms with E-state index in [1.54, 1.807) is 35.0 Å². The van der Waals surface area contributed by atoms with E-state index in [1.807, 2.05) is 18.3 Å². The van der Waals surface area contributed by atoms with Crippen LogP contribution in [0.4, 0.5) is 11.4 Å². The van der Waals surface area contributed by atoms with Crippen LogP contribution in [0.5, 0.6) is 0 Å². The number of aromatic nitrogens is 2. The number of ether oxygens (including phenoxy) is 1. The number of anilines is 2. The lowest BCUT2D eigenvalue weighted by Crippen LogP contribution is -2.28. The van der Waals surface area contributed by atoms with Crippen molar-refractivity contribution in [3.8, 4) is 0 Å². The molecule has 7 nitrogen and oxygen atoms in total. The van der Waals surface area contributed by atoms with Gasteiger partial charge in [0.25, 0.3) is 5.91 Å². The summed E-state index contributed by atoms with van der Waals surface area (Å²) in [7, 11) is 1.64. The summed E-state index contributed by atoms with van der Waals surface area (Å²) in [5.41, 5.74) is 2.37. The quantitative estimate of drug-likeness (QED) is 0.690. The van der Waals surface area contributed by atoms with E-state index in [9.17, 15) is 9.59 Å². The van der Waals surface area contributed by atoms with Crippen molar-refractivity contribution in [1.82, 2.24) is 9.78 Å². The number of rotatable bonds is 9. The standard InChI is InChI=1S/C20H24N4O3/c1-3-19(25)24(14-15-12-21-23(13-15)10-11-27-2)18-8-6-17(7-9-18)22-20(26)16-4-5-16/h3,6-9,12-13,16H,1,4-5,10-11,14H2,2H3,(H,22,26). The van der Waals surface area contributed by atoms with Gasteiger partial charge >= 0.3 is 0 Å². The van der Waals surface area contributed by atoms with Gasteiger partial charge in [-0.05, 0) is 43.2 Å². The molecule has 0 saturated heterocycles. The molecule has 1 aromatic carbocycles. The molecule has 27 heavy (non-hydrogen) atoms. The first kappa shape index (κ1) is 18.8. The topological polar surface area (TPSA) is 76.5 Å². The Kier molecular flexibility index (Phi) is 6.03. The molecule has 0 bridgehead atoms. The molecule has 0 spiro atoms. The second-order valence-corrected chi connectivity index (χ2v) is 6.54. The Bertz CT molecular complexity index is 809. The molecule has 1 fully saturated rings. The number of nitrogens with zero attached hydrogens (tertiary/aromatic N) is 3. The zero-order valence-electron chi connectivity index (χ0n) is 15.4. The molecular formula is C20H24N4O3. The summed E-state index contributed by atoms with van der Waals surface area (Å²) in [6.07, 6.45) is 6.85. The number of benzene rings is 1. The minimum Gasteiger partial charge on any atom is -0.383 e. The van der Waals surface area contributed by atoms with Crippen molar-refractivity contribution in [3.63, 3.8) is 0 Å². The third kappa shape index (κ3) is 5.04. The Morgan fingerprint density at radius 1 is 1.37 bits per heavy atom. The number of amides is 2. The third-order valence-corrected chi connectivity index (χ3v) is 4.39. The van der Waals surface area contributed by atoms with Crippen LogP contribution in [0.3, 0.4) is 0 Å². The van der Waals surface area contributed by atoms with Crippen LogP contribution in [-0.4, -0.2) is 35.3 Å². The van der Waals surface area contributed by atoms with Gasteiger partial charge < -0.3 is 15.0 Å². The molecule has 0 unspecified atom stereocenters. The summed E-state index contributed by atoms with van der Waals surface area (Å²) < 4.78 is 6.83. The number of hydrogen-bond donors (Lipinski definition) is 1. The lowest BCUT2D eigenvalue weighted by molar-refractivity contribution is -0.117. The van der Waals surface area contributed by atoms with E-state index in [1.165, 1.54) is 6.08 Å². The number of methoxy groups -OCH3 is 1. The Balaban J connectivity index is 1.70. The highest BCUT2D eigenvalue weighted by Crippen LogP contribution is 2.30. The average molecular weight is 368 g/mol. The molecule has 1 aliphatic carbocycles. The highest BCUT2D eigenvalue weighted by atomic mass is 16.5. The van der Waals surface area contributed by atoms with E-state index in [0.717, 1.165) is 29.8 Å². The van der Waals surface area contributed by atoms with Gasteiger partial charge in [0.15, 0.2) is 0 Å². The van der Waals surface area contributed by atoms with Crippen LogP contribution in [0, 0.1) is 5.92 Å². The zero-order chi connectivity index (χ0) is 19.2. The van der Waals surface area contributed by atoms with Crippen molar-refractivity contribution in [3.05, 3.63) is 54.9 Å². The first-order chi connectivity index (χ1) is 13.1. The predicted molar refractivity (Wildman–Crippen MR) is 103 cm³/mol. The Morgan fingerprint density at radius 2 is 2.11 bits per heavy atom. The maximum atomic E-state index is 12.3. The minimum absolute atomic E-state index is 0.0604. The van der Waals surface area contributed by atoms with Crippen molar-refractivity contribution >= 4 is 23.2 Å². The van der Waals surface area contributed by atoms with Crippen molar-refractivity contribution in [1.29, 1.82) is 0 Å². The minimum atomic E-state index is -0.200. The fraction of sp³-hybridized carbons (Fsp3) is 0.350. The van der Waals surface area contributed by atoms with E-state index in [0.29, 0.717) is 19.7 Å². The molecule has 1 aliphatic rings. The summed E-state index contributed by atoms with van der Waals surface area (Å²) >= 11 is 0. The van der Waals surface area contributed by atoms with E-state index in [-0.39, 0.29) is 17.7 Å². The highest BCUT2D eigenvalue weighted by Gasteiger charge is 2.29. The van der Waals surface area contributed by atoms with Gasteiger partial charge in [-0.3, -0.25) is 14.3 Å². The van der Waals surface area contributed by atoms with Crippen LogP contribution < -0.4 is 10.2 Å². The number of carbonyl (C=O) groups is 2. The van der Waals surface area contributed by atoms with E-state index >= 15 is 0 Å². The van der Waals surface area contributed by atoms with E-state index < -0.39 is 0 Å². The molecule has 1 saturated carbocycles. The molecule has 0 aliphatic heterocycles. The van der Waals surface area contributed by atoms with Gasteiger partial charge in [-0.2, -0.15) is 5.10 Å². The van der Waals surface area contributed by atoms with Gasteiger partial charge in [0.05, 0.1) is 25.9 Å². The summed E-state index contributed by atoms with van der Waals surface area (Å²) in [6, 6.07) is 7.25. The normalized spacial score (nSPS) is 13.2. The van der Waals surface area contributed by atoms with Crippen LogP contribution in [0.1, 0.15) is 18.4 Å². The Hall–Kier alpha value is -2.93. The monoisotopic (exact) mass is 368 g/mol. The SMILES string of the molecule is C=CC(=O)N(Cc1cnn(CCOC)c1)c1ccc(NC(=O)C2CC2)cc1. The number of carbonyl (C=O) groups excluding carboxylic acids is 2. The van der Waals surface area contributed by atoms with Gasteiger partial charge in [0.1, 0.15) is 0 Å². The largest absolute Gasteiger partial charge is 0.383 e. The first-order valence-electron chi connectivity index (χ1n) is 8.96. The van der Waals surface area contributed by atoms with Gasteiger partial charge in [0.2, 0.25) is 5.91 Å². The lowest BCUT2D eigenvalue weighted by atomic mass is 10.2. The fourth-order valence-corrected chi connectivity index (χ4v) is 2.70. The molecule has 2 amide bonds. The van der Waals surface area contributed by atoms with E-state index in [4.69, 9.17) is 4.74 Å². The van der Waals surface area contributed by atoms with Crippen molar-refractivity contribution in [2.24, 2.45) is 5.92 Å².